The van der Waals surface area contributed by atoms with E-state index in [1.807, 2.05) is 12.1 Å². The van der Waals surface area contributed by atoms with Gasteiger partial charge in [-0.3, -0.25) is 4.98 Å². The molecule has 1 aliphatic heterocycles. The number of ether oxygens (including phenoxy) is 1. The van der Waals surface area contributed by atoms with Gasteiger partial charge in [0.1, 0.15) is 5.52 Å². The quantitative estimate of drug-likeness (QED) is 0.715. The molecule has 28 heavy (non-hydrogen) atoms. The van der Waals surface area contributed by atoms with Crippen LogP contribution in [0.1, 0.15) is 31.2 Å². The highest BCUT2D eigenvalue weighted by Gasteiger charge is 2.46. The van der Waals surface area contributed by atoms with Crippen LogP contribution in [0.25, 0.3) is 11.0 Å². The summed E-state index contributed by atoms with van der Waals surface area (Å²) >= 11 is 0. The zero-order chi connectivity index (χ0) is 19.7. The van der Waals surface area contributed by atoms with Crippen LogP contribution in [0.2, 0.25) is 0 Å². The molecule has 0 aromatic carbocycles. The van der Waals surface area contributed by atoms with E-state index in [1.165, 1.54) is 0 Å². The molecule has 2 aromatic rings. The molecule has 152 valence electrons. The summed E-state index contributed by atoms with van der Waals surface area (Å²) in [5, 5.41) is 19.7. The number of rotatable bonds is 5. The van der Waals surface area contributed by atoms with Crippen LogP contribution in [-0.2, 0) is 6.42 Å². The molecule has 2 aromatic heterocycles. The van der Waals surface area contributed by atoms with E-state index in [-0.39, 0.29) is 24.7 Å². The molecule has 3 atom stereocenters. The van der Waals surface area contributed by atoms with E-state index in [4.69, 9.17) is 10.5 Å². The largest absolute Gasteiger partial charge is 0.481 e. The molecule has 7 heteroatoms. The lowest BCUT2D eigenvalue weighted by Crippen LogP contribution is -2.55. The van der Waals surface area contributed by atoms with Crippen LogP contribution >= 0.6 is 0 Å². The lowest BCUT2D eigenvalue weighted by atomic mass is 9.62. The van der Waals surface area contributed by atoms with Crippen molar-refractivity contribution in [3.05, 3.63) is 23.9 Å². The van der Waals surface area contributed by atoms with E-state index in [2.05, 4.69) is 14.9 Å². The summed E-state index contributed by atoms with van der Waals surface area (Å²) in [6.45, 7) is 1.95. The van der Waals surface area contributed by atoms with Crippen molar-refractivity contribution in [2.45, 2.75) is 38.1 Å². The number of hydrogen-bond acceptors (Lipinski definition) is 7. The van der Waals surface area contributed by atoms with Gasteiger partial charge in [-0.15, -0.1) is 0 Å². The second-order valence-corrected chi connectivity index (χ2v) is 8.29. The molecule has 2 aliphatic rings. The van der Waals surface area contributed by atoms with Gasteiger partial charge in [0.15, 0.2) is 0 Å². The number of methoxy groups -OCH3 is 1. The Morgan fingerprint density at radius 1 is 1.32 bits per heavy atom. The van der Waals surface area contributed by atoms with Gasteiger partial charge in [0.25, 0.3) is 0 Å². The third kappa shape index (κ3) is 3.32. The average Bonchev–Trinajstić information content (AvgIpc) is 2.73. The Balaban J connectivity index is 1.74. The van der Waals surface area contributed by atoms with Gasteiger partial charge in [0.05, 0.1) is 24.9 Å². The first-order valence-electron chi connectivity index (χ1n) is 10.1. The molecule has 0 spiro atoms. The summed E-state index contributed by atoms with van der Waals surface area (Å²) < 4.78 is 5.40. The first-order chi connectivity index (χ1) is 13.6. The number of aromatic nitrogens is 2. The number of hydrogen-bond donors (Lipinski definition) is 3. The van der Waals surface area contributed by atoms with Gasteiger partial charge < -0.3 is 25.6 Å². The maximum Gasteiger partial charge on any atom is 0.213 e. The number of aliphatic hydroxyl groups is 2. The van der Waals surface area contributed by atoms with E-state index in [0.29, 0.717) is 18.2 Å². The van der Waals surface area contributed by atoms with Crippen molar-refractivity contribution in [3.8, 4) is 5.88 Å². The van der Waals surface area contributed by atoms with Crippen molar-refractivity contribution >= 4 is 16.7 Å². The Morgan fingerprint density at radius 2 is 2.18 bits per heavy atom. The molecule has 2 fully saturated rings. The van der Waals surface area contributed by atoms with E-state index in [1.54, 1.807) is 13.3 Å². The molecule has 1 saturated heterocycles. The molecule has 0 bridgehead atoms. The fraction of sp³-hybridized carbons (Fsp3) is 0.619. The Labute approximate surface area is 165 Å². The van der Waals surface area contributed by atoms with Crippen LogP contribution in [-0.4, -0.2) is 59.6 Å². The zero-order valence-electron chi connectivity index (χ0n) is 16.5. The van der Waals surface area contributed by atoms with Crippen LogP contribution in [0, 0.1) is 11.3 Å². The molecule has 1 saturated carbocycles. The van der Waals surface area contributed by atoms with Crippen LogP contribution < -0.4 is 15.4 Å². The SMILES string of the molecule is COc1cc(CCO)c2nccc(N3CC[C@H]4C[C@@H](N)CC[C@]4(CO)C3)c2n1. The summed E-state index contributed by atoms with van der Waals surface area (Å²) in [5.74, 6) is 0.999. The topological polar surface area (TPSA) is 105 Å². The minimum absolute atomic E-state index is 0.0491. The van der Waals surface area contributed by atoms with Gasteiger partial charge in [-0.05, 0) is 49.7 Å². The molecular weight excluding hydrogens is 356 g/mol. The normalized spacial score (nSPS) is 27.6. The van der Waals surface area contributed by atoms with Gasteiger partial charge in [-0.1, -0.05) is 0 Å². The number of nitrogens with zero attached hydrogens (tertiary/aromatic N) is 3. The Hall–Kier alpha value is -1.96. The second-order valence-electron chi connectivity index (χ2n) is 8.29. The predicted octanol–water partition coefficient (Wildman–Crippen LogP) is 1.49. The van der Waals surface area contributed by atoms with Gasteiger partial charge in [0, 0.05) is 43.4 Å². The minimum atomic E-state index is -0.101. The van der Waals surface area contributed by atoms with Crippen molar-refractivity contribution in [3.63, 3.8) is 0 Å². The first kappa shape index (κ1) is 19.4. The van der Waals surface area contributed by atoms with Crippen molar-refractivity contribution in [1.29, 1.82) is 0 Å². The smallest absolute Gasteiger partial charge is 0.213 e. The molecule has 3 heterocycles. The summed E-state index contributed by atoms with van der Waals surface area (Å²) in [4.78, 5) is 11.6. The molecule has 0 unspecified atom stereocenters. The van der Waals surface area contributed by atoms with E-state index < -0.39 is 0 Å². The Morgan fingerprint density at radius 3 is 2.93 bits per heavy atom. The standard InChI is InChI=1S/C21H30N4O3/c1-28-18-10-14(5-9-26)19-20(24-18)17(3-7-23-19)25-8-4-15-11-16(22)2-6-21(15,12-25)13-27/h3,7,10,15-16,26-27H,2,4-6,8-9,11-13,22H2,1H3/t15-,16-,21+/m0/s1. The molecule has 7 nitrogen and oxygen atoms in total. The highest BCUT2D eigenvalue weighted by atomic mass is 16.5. The number of fused-ring (bicyclic) bond motifs is 2. The van der Waals surface area contributed by atoms with Gasteiger partial charge >= 0.3 is 0 Å². The van der Waals surface area contributed by atoms with Gasteiger partial charge in [0.2, 0.25) is 5.88 Å². The number of nitrogens with two attached hydrogens (primary N) is 1. The van der Waals surface area contributed by atoms with Crippen molar-refractivity contribution in [1.82, 2.24) is 9.97 Å². The van der Waals surface area contributed by atoms with E-state index in [0.717, 1.165) is 61.1 Å². The second kappa shape index (κ2) is 7.81. The maximum atomic E-state index is 10.3. The summed E-state index contributed by atoms with van der Waals surface area (Å²) in [7, 11) is 1.60. The molecule has 4 N–H and O–H groups in total. The highest BCUT2D eigenvalue weighted by molar-refractivity contribution is 5.90. The van der Waals surface area contributed by atoms with Crippen molar-refractivity contribution in [2.24, 2.45) is 17.1 Å². The molecular formula is C21H30N4O3. The lowest BCUT2D eigenvalue weighted by molar-refractivity contribution is 0.00617. The lowest BCUT2D eigenvalue weighted by Gasteiger charge is -2.52. The van der Waals surface area contributed by atoms with Crippen molar-refractivity contribution < 1.29 is 14.9 Å². The van der Waals surface area contributed by atoms with E-state index >= 15 is 0 Å². The third-order valence-electron chi connectivity index (χ3n) is 6.69. The fourth-order valence-corrected chi connectivity index (χ4v) is 5.10. The van der Waals surface area contributed by atoms with Crippen LogP contribution in [0.4, 0.5) is 5.69 Å². The minimum Gasteiger partial charge on any atom is -0.481 e. The van der Waals surface area contributed by atoms with Crippen LogP contribution in [0.5, 0.6) is 5.88 Å². The third-order valence-corrected chi connectivity index (χ3v) is 6.69. The van der Waals surface area contributed by atoms with Crippen molar-refractivity contribution in [2.75, 3.05) is 38.3 Å². The molecule has 0 amide bonds. The summed E-state index contributed by atoms with van der Waals surface area (Å²) in [5.41, 5.74) is 9.65. The predicted molar refractivity (Wildman–Crippen MR) is 109 cm³/mol. The van der Waals surface area contributed by atoms with Crippen LogP contribution in [0.15, 0.2) is 18.3 Å². The number of pyridine rings is 2. The number of piperidine rings is 1. The van der Waals surface area contributed by atoms with Crippen LogP contribution in [0.3, 0.4) is 0 Å². The van der Waals surface area contributed by atoms with Gasteiger partial charge in [-0.25, -0.2) is 4.98 Å². The van der Waals surface area contributed by atoms with Gasteiger partial charge in [-0.2, -0.15) is 0 Å². The Kier molecular flexibility index (Phi) is 5.40. The molecule has 0 radical (unpaired) electrons. The Bertz CT molecular complexity index is 846. The van der Waals surface area contributed by atoms with E-state index in [9.17, 15) is 10.2 Å². The monoisotopic (exact) mass is 386 g/mol. The molecule has 1 aliphatic carbocycles. The summed E-state index contributed by atoms with van der Waals surface area (Å²) in [6, 6.07) is 4.10. The summed E-state index contributed by atoms with van der Waals surface area (Å²) in [6.07, 6.45) is 6.26. The molecule has 4 rings (SSSR count). The maximum absolute atomic E-state index is 10.3. The first-order valence-corrected chi connectivity index (χ1v) is 10.1. The number of anilines is 1. The zero-order valence-corrected chi connectivity index (χ0v) is 16.5. The number of aliphatic hydroxyl groups excluding tert-OH is 2. The average molecular weight is 386 g/mol. The highest BCUT2D eigenvalue weighted by Crippen LogP contribution is 2.47. The fourth-order valence-electron chi connectivity index (χ4n) is 5.10.